The Labute approximate surface area is 195 Å². The standard InChI is InChI=1S/C23H23N5O5S/c1-4-28(5-2)34(31,32)16-8-9-19-17(11-16)18(12-21(29)25-19)22(30)26-20-10-15(7-6-14(20)3)23-27-24-13-33-23/h6-13H,4-5H2,1-3H3,(H,25,29)(H,26,30). The Balaban J connectivity index is 1.78. The number of sulfonamides is 1. The van der Waals surface area contributed by atoms with Crippen LogP contribution in [0.25, 0.3) is 22.4 Å². The fraction of sp³-hybridized carbons (Fsp3) is 0.217. The van der Waals surface area contributed by atoms with Crippen LogP contribution in [0.15, 0.2) is 63.0 Å². The highest BCUT2D eigenvalue weighted by Gasteiger charge is 2.23. The number of hydrogen-bond acceptors (Lipinski definition) is 7. The molecular weight excluding hydrogens is 458 g/mol. The first-order chi connectivity index (χ1) is 16.2. The smallest absolute Gasteiger partial charge is 0.256 e. The van der Waals surface area contributed by atoms with Crippen LogP contribution in [0.3, 0.4) is 0 Å². The van der Waals surface area contributed by atoms with Gasteiger partial charge in [0.05, 0.1) is 10.5 Å². The zero-order valence-corrected chi connectivity index (χ0v) is 19.6. The first kappa shape index (κ1) is 23.3. The zero-order valence-electron chi connectivity index (χ0n) is 18.8. The maximum absolute atomic E-state index is 13.3. The molecule has 4 aromatic rings. The predicted octanol–water partition coefficient (Wildman–Crippen LogP) is 3.17. The number of carbonyl (C=O) groups is 1. The molecule has 0 fully saturated rings. The fourth-order valence-electron chi connectivity index (χ4n) is 3.67. The molecule has 0 saturated heterocycles. The van der Waals surface area contributed by atoms with Crippen LogP contribution in [0.2, 0.25) is 0 Å². The molecule has 0 saturated carbocycles. The Morgan fingerprint density at radius 2 is 1.88 bits per heavy atom. The first-order valence-corrected chi connectivity index (χ1v) is 12.0. The van der Waals surface area contributed by atoms with E-state index in [0.717, 1.165) is 11.6 Å². The van der Waals surface area contributed by atoms with Gasteiger partial charge in [0.2, 0.25) is 27.9 Å². The van der Waals surface area contributed by atoms with Gasteiger partial charge in [0.25, 0.3) is 5.91 Å². The third-order valence-corrected chi connectivity index (χ3v) is 7.54. The lowest BCUT2D eigenvalue weighted by molar-refractivity contribution is 0.102. The van der Waals surface area contributed by atoms with Gasteiger partial charge in [-0.2, -0.15) is 4.31 Å². The van der Waals surface area contributed by atoms with Crippen molar-refractivity contribution in [3.8, 4) is 11.5 Å². The number of fused-ring (bicyclic) bond motifs is 1. The normalized spacial score (nSPS) is 11.8. The molecule has 0 radical (unpaired) electrons. The number of carbonyl (C=O) groups excluding carboxylic acids is 1. The van der Waals surface area contributed by atoms with E-state index in [1.54, 1.807) is 32.0 Å². The number of anilines is 1. The summed E-state index contributed by atoms with van der Waals surface area (Å²) in [4.78, 5) is 28.2. The maximum atomic E-state index is 13.3. The predicted molar refractivity (Wildman–Crippen MR) is 127 cm³/mol. The molecule has 0 aliphatic heterocycles. The van der Waals surface area contributed by atoms with Gasteiger partial charge in [-0.05, 0) is 42.8 Å². The molecular formula is C23H23N5O5S. The molecule has 176 valence electrons. The number of aromatic amines is 1. The van der Waals surface area contributed by atoms with Gasteiger partial charge >= 0.3 is 0 Å². The number of benzene rings is 2. The van der Waals surface area contributed by atoms with Gasteiger partial charge in [-0.15, -0.1) is 10.2 Å². The van der Waals surface area contributed by atoms with E-state index in [1.807, 2.05) is 6.92 Å². The summed E-state index contributed by atoms with van der Waals surface area (Å²) in [5, 5.41) is 10.7. The second-order valence-corrected chi connectivity index (χ2v) is 9.51. The van der Waals surface area contributed by atoms with Crippen LogP contribution < -0.4 is 10.9 Å². The SMILES string of the molecule is CCN(CC)S(=O)(=O)c1ccc2[nH]c(=O)cc(C(=O)Nc3cc(-c4nnco4)ccc3C)c2c1. The topological polar surface area (TPSA) is 138 Å². The number of rotatable bonds is 7. The van der Waals surface area contributed by atoms with Crippen LogP contribution >= 0.6 is 0 Å². The van der Waals surface area contributed by atoms with Gasteiger partial charge in [0.1, 0.15) is 0 Å². The summed E-state index contributed by atoms with van der Waals surface area (Å²) in [6.45, 7) is 5.95. The van der Waals surface area contributed by atoms with Crippen LogP contribution in [0, 0.1) is 6.92 Å². The highest BCUT2D eigenvalue weighted by Crippen LogP contribution is 2.26. The average Bonchev–Trinajstić information content (AvgIpc) is 3.35. The van der Waals surface area contributed by atoms with Gasteiger partial charge < -0.3 is 14.7 Å². The minimum absolute atomic E-state index is 0.0411. The number of aromatic nitrogens is 3. The summed E-state index contributed by atoms with van der Waals surface area (Å²) in [5.41, 5.74) is 1.80. The number of nitrogens with zero attached hydrogens (tertiary/aromatic N) is 3. The van der Waals surface area contributed by atoms with Gasteiger partial charge in [-0.25, -0.2) is 8.42 Å². The molecule has 34 heavy (non-hydrogen) atoms. The Morgan fingerprint density at radius 3 is 2.56 bits per heavy atom. The molecule has 11 heteroatoms. The van der Waals surface area contributed by atoms with E-state index < -0.39 is 21.5 Å². The lowest BCUT2D eigenvalue weighted by Gasteiger charge is -2.19. The number of amides is 1. The van der Waals surface area contributed by atoms with Crippen molar-refractivity contribution in [1.82, 2.24) is 19.5 Å². The van der Waals surface area contributed by atoms with Crippen LogP contribution in [-0.2, 0) is 10.0 Å². The van der Waals surface area contributed by atoms with Crippen molar-refractivity contribution in [2.45, 2.75) is 25.7 Å². The Kier molecular flexibility index (Phi) is 6.31. The molecule has 2 aromatic heterocycles. The number of hydrogen-bond donors (Lipinski definition) is 2. The maximum Gasteiger partial charge on any atom is 0.256 e. The van der Waals surface area contributed by atoms with Crippen molar-refractivity contribution < 1.29 is 17.6 Å². The summed E-state index contributed by atoms with van der Waals surface area (Å²) in [6.07, 6.45) is 1.21. The molecule has 10 nitrogen and oxygen atoms in total. The van der Waals surface area contributed by atoms with Crippen molar-refractivity contribution >= 4 is 32.5 Å². The van der Waals surface area contributed by atoms with Crippen LogP contribution in [0.5, 0.6) is 0 Å². The molecule has 1 amide bonds. The van der Waals surface area contributed by atoms with Crippen LogP contribution in [0.4, 0.5) is 5.69 Å². The second kappa shape index (κ2) is 9.20. The highest BCUT2D eigenvalue weighted by molar-refractivity contribution is 7.89. The van der Waals surface area contributed by atoms with Gasteiger partial charge in [0, 0.05) is 41.3 Å². The fourth-order valence-corrected chi connectivity index (χ4v) is 5.16. The number of H-pyrrole nitrogens is 1. The first-order valence-electron chi connectivity index (χ1n) is 10.6. The molecule has 0 spiro atoms. The highest BCUT2D eigenvalue weighted by atomic mass is 32.2. The summed E-state index contributed by atoms with van der Waals surface area (Å²) in [5.74, 6) is -0.261. The van der Waals surface area contributed by atoms with Gasteiger partial charge in [0.15, 0.2) is 0 Å². The van der Waals surface area contributed by atoms with E-state index in [1.165, 1.54) is 28.9 Å². The molecule has 2 N–H and O–H groups in total. The summed E-state index contributed by atoms with van der Waals surface area (Å²) in [7, 11) is -3.76. The summed E-state index contributed by atoms with van der Waals surface area (Å²) in [6, 6.07) is 10.7. The largest absolute Gasteiger partial charge is 0.423 e. The van der Waals surface area contributed by atoms with Crippen LogP contribution in [0.1, 0.15) is 29.8 Å². The van der Waals surface area contributed by atoms with Crippen molar-refractivity contribution in [1.29, 1.82) is 0 Å². The van der Waals surface area contributed by atoms with E-state index in [4.69, 9.17) is 4.42 Å². The van der Waals surface area contributed by atoms with E-state index in [2.05, 4.69) is 20.5 Å². The summed E-state index contributed by atoms with van der Waals surface area (Å²) < 4.78 is 32.6. The monoisotopic (exact) mass is 481 g/mol. The van der Waals surface area contributed by atoms with Crippen LogP contribution in [-0.4, -0.2) is 46.9 Å². The minimum atomic E-state index is -3.76. The average molecular weight is 482 g/mol. The molecule has 4 rings (SSSR count). The molecule has 0 atom stereocenters. The number of pyridine rings is 1. The molecule has 0 unspecified atom stereocenters. The number of aryl methyl sites for hydroxylation is 1. The van der Waals surface area contributed by atoms with Crippen molar-refractivity contribution in [3.05, 3.63) is 70.3 Å². The molecule has 2 heterocycles. The van der Waals surface area contributed by atoms with E-state index in [9.17, 15) is 18.0 Å². The molecule has 0 aliphatic carbocycles. The van der Waals surface area contributed by atoms with E-state index >= 15 is 0 Å². The lowest BCUT2D eigenvalue weighted by atomic mass is 10.1. The Hall–Kier alpha value is -3.83. The van der Waals surface area contributed by atoms with Crippen molar-refractivity contribution in [3.63, 3.8) is 0 Å². The molecule has 2 aromatic carbocycles. The zero-order chi connectivity index (χ0) is 24.5. The summed E-state index contributed by atoms with van der Waals surface area (Å²) >= 11 is 0. The van der Waals surface area contributed by atoms with Gasteiger partial charge in [-0.3, -0.25) is 9.59 Å². The lowest BCUT2D eigenvalue weighted by Crippen LogP contribution is -2.30. The third-order valence-electron chi connectivity index (χ3n) is 5.50. The van der Waals surface area contributed by atoms with Crippen molar-refractivity contribution in [2.75, 3.05) is 18.4 Å². The van der Waals surface area contributed by atoms with Crippen molar-refractivity contribution in [2.24, 2.45) is 0 Å². The van der Waals surface area contributed by atoms with Gasteiger partial charge in [-0.1, -0.05) is 19.9 Å². The number of nitrogens with one attached hydrogen (secondary N) is 2. The second-order valence-electron chi connectivity index (χ2n) is 7.57. The van der Waals surface area contributed by atoms with E-state index in [-0.39, 0.29) is 10.5 Å². The minimum Gasteiger partial charge on any atom is -0.423 e. The quantitative estimate of drug-likeness (QED) is 0.413. The molecule has 0 aliphatic rings. The Bertz CT molecular complexity index is 1520. The Morgan fingerprint density at radius 1 is 1.12 bits per heavy atom. The van der Waals surface area contributed by atoms with E-state index in [0.29, 0.717) is 41.1 Å². The third kappa shape index (κ3) is 4.35. The molecule has 0 bridgehead atoms.